The number of halogens is 1. The normalized spacial score (nSPS) is 11.1. The van der Waals surface area contributed by atoms with Gasteiger partial charge >= 0.3 is 0 Å². The van der Waals surface area contributed by atoms with Gasteiger partial charge < -0.3 is 5.32 Å². The molecule has 2 rings (SSSR count). The number of nitrogens with zero attached hydrogens (tertiary/aromatic N) is 1. The summed E-state index contributed by atoms with van der Waals surface area (Å²) in [6, 6.07) is 6.45. The van der Waals surface area contributed by atoms with Gasteiger partial charge in [0.25, 0.3) is 0 Å². The van der Waals surface area contributed by atoms with Crippen LogP contribution in [0.1, 0.15) is 19.4 Å². The van der Waals surface area contributed by atoms with Crippen LogP contribution in [0.5, 0.6) is 0 Å². The number of rotatable bonds is 5. The highest BCUT2D eigenvalue weighted by molar-refractivity contribution is 8.01. The molecule has 0 saturated heterocycles. The van der Waals surface area contributed by atoms with E-state index in [1.54, 1.807) is 23.1 Å². The van der Waals surface area contributed by atoms with Crippen molar-refractivity contribution in [2.75, 3.05) is 0 Å². The molecule has 0 aliphatic heterocycles. The lowest BCUT2D eigenvalue weighted by Crippen LogP contribution is -2.22. The Morgan fingerprint density at radius 3 is 2.94 bits per heavy atom. The first kappa shape index (κ1) is 13.9. The highest BCUT2D eigenvalue weighted by Gasteiger charge is 2.10. The molecule has 0 fully saturated rings. The Bertz CT molecular complexity index is 498. The molecule has 0 aliphatic rings. The van der Waals surface area contributed by atoms with Gasteiger partial charge in [0.2, 0.25) is 0 Å². The molecular formula is C13H15ClN2S2. The van der Waals surface area contributed by atoms with Crippen LogP contribution in [0.25, 0.3) is 0 Å². The average molecular weight is 299 g/mol. The first-order valence-corrected chi connectivity index (χ1v) is 7.82. The van der Waals surface area contributed by atoms with Crippen molar-refractivity contribution in [3.05, 3.63) is 40.4 Å². The van der Waals surface area contributed by atoms with Crippen molar-refractivity contribution in [1.29, 1.82) is 0 Å². The molecule has 0 atom stereocenters. The Morgan fingerprint density at radius 2 is 2.28 bits per heavy atom. The Hall–Kier alpha value is -0.550. The molecule has 0 radical (unpaired) electrons. The number of benzene rings is 1. The Kier molecular flexibility index (Phi) is 5.06. The van der Waals surface area contributed by atoms with Crippen LogP contribution in [0.4, 0.5) is 0 Å². The highest BCUT2D eigenvalue weighted by atomic mass is 35.5. The highest BCUT2D eigenvalue weighted by Crippen LogP contribution is 2.34. The summed E-state index contributed by atoms with van der Waals surface area (Å²) in [6.45, 7) is 5.04. The van der Waals surface area contributed by atoms with Gasteiger partial charge in [0, 0.05) is 34.1 Å². The van der Waals surface area contributed by atoms with Crippen molar-refractivity contribution in [3.63, 3.8) is 0 Å². The van der Waals surface area contributed by atoms with E-state index >= 15 is 0 Å². The predicted molar refractivity (Wildman–Crippen MR) is 79.7 cm³/mol. The maximum absolute atomic E-state index is 6.28. The number of hydrogen-bond acceptors (Lipinski definition) is 4. The van der Waals surface area contributed by atoms with Crippen molar-refractivity contribution in [3.8, 4) is 0 Å². The molecule has 2 nitrogen and oxygen atoms in total. The summed E-state index contributed by atoms with van der Waals surface area (Å²) >= 11 is 9.60. The minimum atomic E-state index is 0.444. The van der Waals surface area contributed by atoms with Gasteiger partial charge in [-0.2, -0.15) is 0 Å². The fourth-order valence-electron chi connectivity index (χ4n) is 1.47. The van der Waals surface area contributed by atoms with Gasteiger partial charge in [-0.05, 0) is 17.7 Å². The third-order valence-corrected chi connectivity index (χ3v) is 4.71. The Labute approximate surface area is 121 Å². The van der Waals surface area contributed by atoms with Gasteiger partial charge in [0.1, 0.15) is 0 Å². The summed E-state index contributed by atoms with van der Waals surface area (Å²) in [6.07, 6.45) is 1.82. The molecule has 0 aliphatic carbocycles. The maximum atomic E-state index is 6.28. The molecule has 0 spiro atoms. The molecule has 2 aromatic rings. The lowest BCUT2D eigenvalue weighted by molar-refractivity contribution is 0.585. The lowest BCUT2D eigenvalue weighted by Gasteiger charge is -2.13. The molecule has 1 aromatic carbocycles. The quantitative estimate of drug-likeness (QED) is 0.883. The van der Waals surface area contributed by atoms with Crippen molar-refractivity contribution in [1.82, 2.24) is 10.3 Å². The standard InChI is InChI=1S/C13H15ClN2S2/c1-9(2)16-8-10-11(14)4-3-5-12(10)18-13-15-6-7-17-13/h3-7,9,16H,8H2,1-2H3. The summed E-state index contributed by atoms with van der Waals surface area (Å²) in [7, 11) is 0. The molecule has 0 bridgehead atoms. The topological polar surface area (TPSA) is 24.9 Å². The van der Waals surface area contributed by atoms with Crippen molar-refractivity contribution in [2.24, 2.45) is 0 Å². The number of hydrogen-bond donors (Lipinski definition) is 1. The van der Waals surface area contributed by atoms with E-state index in [9.17, 15) is 0 Å². The van der Waals surface area contributed by atoms with E-state index in [1.165, 1.54) is 4.90 Å². The maximum Gasteiger partial charge on any atom is 0.154 e. The molecule has 1 heterocycles. The van der Waals surface area contributed by atoms with Crippen LogP contribution < -0.4 is 5.32 Å². The fourth-order valence-corrected chi connectivity index (χ4v) is 3.51. The van der Waals surface area contributed by atoms with Crippen LogP contribution >= 0.6 is 34.7 Å². The zero-order valence-electron chi connectivity index (χ0n) is 10.3. The van der Waals surface area contributed by atoms with E-state index in [0.717, 1.165) is 21.5 Å². The summed E-state index contributed by atoms with van der Waals surface area (Å²) in [4.78, 5) is 5.47. The molecule has 0 unspecified atom stereocenters. The van der Waals surface area contributed by atoms with Crippen LogP contribution in [0.3, 0.4) is 0 Å². The van der Waals surface area contributed by atoms with Gasteiger partial charge in [-0.1, -0.05) is 43.3 Å². The van der Waals surface area contributed by atoms with Crippen LogP contribution in [0, 0.1) is 0 Å². The van der Waals surface area contributed by atoms with Gasteiger partial charge in [0.05, 0.1) is 0 Å². The predicted octanol–water partition coefficient (Wildman–Crippen LogP) is 4.45. The largest absolute Gasteiger partial charge is 0.310 e. The Morgan fingerprint density at radius 1 is 1.44 bits per heavy atom. The molecule has 18 heavy (non-hydrogen) atoms. The van der Waals surface area contributed by atoms with E-state index in [1.807, 2.05) is 23.7 Å². The lowest BCUT2D eigenvalue weighted by atomic mass is 10.2. The first-order chi connectivity index (χ1) is 8.66. The molecule has 1 aromatic heterocycles. The molecule has 0 saturated carbocycles. The van der Waals surface area contributed by atoms with Crippen LogP contribution in [-0.2, 0) is 6.54 Å². The summed E-state index contributed by atoms with van der Waals surface area (Å²) < 4.78 is 1.04. The second kappa shape index (κ2) is 6.57. The number of aromatic nitrogens is 1. The monoisotopic (exact) mass is 298 g/mol. The number of thiazole rings is 1. The smallest absolute Gasteiger partial charge is 0.154 e. The number of nitrogens with one attached hydrogen (secondary N) is 1. The minimum absolute atomic E-state index is 0.444. The fraction of sp³-hybridized carbons (Fsp3) is 0.308. The van der Waals surface area contributed by atoms with E-state index in [0.29, 0.717) is 6.04 Å². The zero-order valence-corrected chi connectivity index (χ0v) is 12.7. The summed E-state index contributed by atoms with van der Waals surface area (Å²) in [5, 5.41) is 6.20. The van der Waals surface area contributed by atoms with Gasteiger partial charge in [0.15, 0.2) is 4.34 Å². The summed E-state index contributed by atoms with van der Waals surface area (Å²) in [5.74, 6) is 0. The third kappa shape index (κ3) is 3.72. The Balaban J connectivity index is 2.20. The molecule has 0 amide bonds. The van der Waals surface area contributed by atoms with E-state index in [2.05, 4.69) is 30.2 Å². The van der Waals surface area contributed by atoms with E-state index in [4.69, 9.17) is 11.6 Å². The van der Waals surface area contributed by atoms with E-state index < -0.39 is 0 Å². The molecular weight excluding hydrogens is 284 g/mol. The summed E-state index contributed by atoms with van der Waals surface area (Å²) in [5.41, 5.74) is 1.15. The molecule has 5 heteroatoms. The van der Waals surface area contributed by atoms with Crippen LogP contribution in [-0.4, -0.2) is 11.0 Å². The SMILES string of the molecule is CC(C)NCc1c(Cl)cccc1Sc1nccs1. The van der Waals surface area contributed by atoms with Crippen molar-refractivity contribution < 1.29 is 0 Å². The van der Waals surface area contributed by atoms with Crippen molar-refractivity contribution >= 4 is 34.7 Å². The molecule has 96 valence electrons. The second-order valence-electron chi connectivity index (χ2n) is 4.15. The minimum Gasteiger partial charge on any atom is -0.310 e. The second-order valence-corrected chi connectivity index (χ2v) is 6.74. The van der Waals surface area contributed by atoms with E-state index in [-0.39, 0.29) is 0 Å². The third-order valence-electron chi connectivity index (χ3n) is 2.37. The van der Waals surface area contributed by atoms with Crippen LogP contribution in [0.2, 0.25) is 5.02 Å². The van der Waals surface area contributed by atoms with Crippen molar-refractivity contribution in [2.45, 2.75) is 35.7 Å². The van der Waals surface area contributed by atoms with Gasteiger partial charge in [-0.3, -0.25) is 0 Å². The first-order valence-electron chi connectivity index (χ1n) is 5.75. The average Bonchev–Trinajstić information content (AvgIpc) is 2.81. The van der Waals surface area contributed by atoms with Gasteiger partial charge in [-0.25, -0.2) is 4.98 Å². The van der Waals surface area contributed by atoms with Crippen LogP contribution in [0.15, 0.2) is 39.0 Å². The molecule has 1 N–H and O–H groups in total. The zero-order chi connectivity index (χ0) is 13.0. The van der Waals surface area contributed by atoms with Gasteiger partial charge in [-0.15, -0.1) is 11.3 Å².